The van der Waals surface area contributed by atoms with Crippen LogP contribution in [0.3, 0.4) is 0 Å². The number of aromatic nitrogens is 2. The van der Waals surface area contributed by atoms with Gasteiger partial charge in [-0.05, 0) is 24.3 Å². The van der Waals surface area contributed by atoms with E-state index >= 15 is 0 Å². The monoisotopic (exact) mass is 372 g/mol. The molecule has 3 fully saturated rings. The van der Waals surface area contributed by atoms with Gasteiger partial charge in [0.2, 0.25) is 5.91 Å². The summed E-state index contributed by atoms with van der Waals surface area (Å²) in [7, 11) is 0. The summed E-state index contributed by atoms with van der Waals surface area (Å²) in [6.07, 6.45) is 4.44. The molecule has 0 aliphatic carbocycles. The summed E-state index contributed by atoms with van der Waals surface area (Å²) in [5.41, 5.74) is 0.539. The molecule has 0 radical (unpaired) electrons. The molecule has 3 aliphatic heterocycles. The second kappa shape index (κ2) is 5.56. The highest BCUT2D eigenvalue weighted by atomic mass is 35.5. The van der Waals surface area contributed by atoms with Crippen molar-refractivity contribution in [3.63, 3.8) is 0 Å². The number of rotatable bonds is 2. The summed E-state index contributed by atoms with van der Waals surface area (Å²) < 4.78 is 7.63. The SMILES string of the molecule is O=C(c1cc(-n2cccn2)ccc1Cl)N1CC[C@@]23OCCN2C(=O)C[C@@H]13. The summed E-state index contributed by atoms with van der Waals surface area (Å²) in [6, 6.07) is 6.83. The van der Waals surface area contributed by atoms with Gasteiger partial charge in [0.1, 0.15) is 0 Å². The largest absolute Gasteiger partial charge is 0.351 e. The number of amides is 2. The second-order valence-corrected chi connectivity index (χ2v) is 7.23. The van der Waals surface area contributed by atoms with E-state index in [1.165, 1.54) is 0 Å². The Balaban J connectivity index is 1.49. The smallest absolute Gasteiger partial charge is 0.255 e. The summed E-state index contributed by atoms with van der Waals surface area (Å²) in [6.45, 7) is 1.68. The highest BCUT2D eigenvalue weighted by Crippen LogP contribution is 2.46. The van der Waals surface area contributed by atoms with Crippen LogP contribution >= 0.6 is 11.6 Å². The Morgan fingerprint density at radius 3 is 3.04 bits per heavy atom. The fourth-order valence-electron chi connectivity index (χ4n) is 4.43. The first kappa shape index (κ1) is 15.8. The molecule has 8 heteroatoms. The molecule has 26 heavy (non-hydrogen) atoms. The van der Waals surface area contributed by atoms with Gasteiger partial charge in [-0.3, -0.25) is 9.59 Å². The molecule has 3 saturated heterocycles. The zero-order chi connectivity index (χ0) is 17.9. The number of hydrogen-bond acceptors (Lipinski definition) is 4. The molecule has 5 rings (SSSR count). The van der Waals surface area contributed by atoms with E-state index in [0.29, 0.717) is 43.1 Å². The van der Waals surface area contributed by atoms with Crippen molar-refractivity contribution in [2.24, 2.45) is 0 Å². The van der Waals surface area contributed by atoms with Gasteiger partial charge in [-0.1, -0.05) is 11.6 Å². The van der Waals surface area contributed by atoms with E-state index in [0.717, 1.165) is 5.69 Å². The molecule has 7 nitrogen and oxygen atoms in total. The maximum atomic E-state index is 13.3. The summed E-state index contributed by atoms with van der Waals surface area (Å²) >= 11 is 6.33. The van der Waals surface area contributed by atoms with E-state index in [-0.39, 0.29) is 17.9 Å². The van der Waals surface area contributed by atoms with Gasteiger partial charge in [-0.2, -0.15) is 5.10 Å². The van der Waals surface area contributed by atoms with E-state index in [2.05, 4.69) is 5.10 Å². The third-order valence-electron chi connectivity index (χ3n) is 5.61. The first-order valence-electron chi connectivity index (χ1n) is 8.65. The van der Waals surface area contributed by atoms with Crippen LogP contribution in [0, 0.1) is 0 Å². The van der Waals surface area contributed by atoms with Crippen molar-refractivity contribution in [2.75, 3.05) is 19.7 Å². The zero-order valence-electron chi connectivity index (χ0n) is 14.0. The van der Waals surface area contributed by atoms with Gasteiger partial charge in [0.25, 0.3) is 5.91 Å². The van der Waals surface area contributed by atoms with Crippen LogP contribution < -0.4 is 0 Å². The predicted octanol–water partition coefficient (Wildman–Crippen LogP) is 1.70. The highest BCUT2D eigenvalue weighted by Gasteiger charge is 2.62. The molecular formula is C18H17ClN4O3. The lowest BCUT2D eigenvalue weighted by molar-refractivity contribution is -0.136. The van der Waals surface area contributed by atoms with Crippen molar-refractivity contribution >= 4 is 23.4 Å². The molecule has 0 unspecified atom stereocenters. The Labute approximate surface area is 155 Å². The third-order valence-corrected chi connectivity index (χ3v) is 5.94. The number of carbonyl (C=O) groups is 2. The number of nitrogens with zero attached hydrogens (tertiary/aromatic N) is 4. The van der Waals surface area contributed by atoms with Crippen LogP contribution in [0.4, 0.5) is 0 Å². The van der Waals surface area contributed by atoms with Gasteiger partial charge in [-0.15, -0.1) is 0 Å². The lowest BCUT2D eigenvalue weighted by Gasteiger charge is -2.31. The minimum absolute atomic E-state index is 0.0568. The lowest BCUT2D eigenvalue weighted by atomic mass is 10.1. The summed E-state index contributed by atoms with van der Waals surface area (Å²) in [5, 5.41) is 4.59. The summed E-state index contributed by atoms with van der Waals surface area (Å²) in [4.78, 5) is 29.1. The molecule has 0 saturated carbocycles. The molecule has 0 bridgehead atoms. The topological polar surface area (TPSA) is 67.7 Å². The summed E-state index contributed by atoms with van der Waals surface area (Å²) in [5.74, 6) is -0.114. The number of benzene rings is 1. The zero-order valence-corrected chi connectivity index (χ0v) is 14.7. The van der Waals surface area contributed by atoms with Gasteiger partial charge in [0.15, 0.2) is 5.72 Å². The Morgan fingerprint density at radius 2 is 2.23 bits per heavy atom. The molecule has 0 N–H and O–H groups in total. The van der Waals surface area contributed by atoms with Gasteiger partial charge in [-0.25, -0.2) is 4.68 Å². The number of hydrogen-bond donors (Lipinski definition) is 0. The fraction of sp³-hybridized carbons (Fsp3) is 0.389. The fourth-order valence-corrected chi connectivity index (χ4v) is 4.63. The van der Waals surface area contributed by atoms with Crippen LogP contribution in [-0.2, 0) is 9.53 Å². The Bertz CT molecular complexity index is 900. The Kier molecular flexibility index (Phi) is 3.39. The van der Waals surface area contributed by atoms with Gasteiger partial charge in [0, 0.05) is 31.9 Å². The predicted molar refractivity (Wildman–Crippen MR) is 93.0 cm³/mol. The van der Waals surface area contributed by atoms with Crippen molar-refractivity contribution in [3.05, 3.63) is 47.2 Å². The van der Waals surface area contributed by atoms with Gasteiger partial charge >= 0.3 is 0 Å². The Hall–Kier alpha value is -2.38. The van der Waals surface area contributed by atoms with Crippen molar-refractivity contribution in [1.82, 2.24) is 19.6 Å². The maximum Gasteiger partial charge on any atom is 0.255 e. The van der Waals surface area contributed by atoms with Crippen molar-refractivity contribution in [2.45, 2.75) is 24.6 Å². The molecule has 1 spiro atoms. The minimum Gasteiger partial charge on any atom is -0.351 e. The number of carbonyl (C=O) groups excluding carboxylic acids is 2. The number of likely N-dealkylation sites (tertiary alicyclic amines) is 1. The van der Waals surface area contributed by atoms with Gasteiger partial charge < -0.3 is 14.5 Å². The average Bonchev–Trinajstić information content (AvgIpc) is 3.39. The van der Waals surface area contributed by atoms with Crippen LogP contribution in [0.25, 0.3) is 5.69 Å². The van der Waals surface area contributed by atoms with Gasteiger partial charge in [0.05, 0.1) is 35.3 Å². The highest BCUT2D eigenvalue weighted by molar-refractivity contribution is 6.34. The van der Waals surface area contributed by atoms with Crippen LogP contribution in [-0.4, -0.2) is 62.9 Å². The second-order valence-electron chi connectivity index (χ2n) is 6.82. The first-order valence-corrected chi connectivity index (χ1v) is 9.03. The van der Waals surface area contributed by atoms with Crippen molar-refractivity contribution in [1.29, 1.82) is 0 Å². The molecule has 3 aliphatic rings. The quantitative estimate of drug-likeness (QED) is 0.804. The Morgan fingerprint density at radius 1 is 1.35 bits per heavy atom. The molecular weight excluding hydrogens is 356 g/mol. The van der Waals surface area contributed by atoms with E-state index < -0.39 is 5.72 Å². The van der Waals surface area contributed by atoms with E-state index in [1.807, 2.05) is 18.3 Å². The molecule has 2 amide bonds. The number of ether oxygens (including phenoxy) is 1. The van der Waals surface area contributed by atoms with E-state index in [4.69, 9.17) is 16.3 Å². The van der Waals surface area contributed by atoms with Crippen molar-refractivity contribution < 1.29 is 14.3 Å². The normalized spacial score (nSPS) is 27.1. The van der Waals surface area contributed by atoms with Crippen LogP contribution in [0.15, 0.2) is 36.7 Å². The van der Waals surface area contributed by atoms with E-state index in [1.54, 1.807) is 32.8 Å². The molecule has 134 valence electrons. The molecule has 2 atom stereocenters. The molecule has 4 heterocycles. The minimum atomic E-state index is -0.640. The van der Waals surface area contributed by atoms with E-state index in [9.17, 15) is 9.59 Å². The standard InChI is InChI=1S/C18H17ClN4O3/c19-14-3-2-12(23-6-1-5-20-23)10-13(14)17(25)21-7-4-18-15(21)11-16(24)22(18)8-9-26-18/h1-3,5-6,10,15H,4,7-9,11H2/t15-,18+/m1/s1. The first-order chi connectivity index (χ1) is 12.6. The molecule has 2 aromatic rings. The average molecular weight is 373 g/mol. The number of halogens is 1. The third kappa shape index (κ3) is 2.07. The lowest BCUT2D eigenvalue weighted by Crippen LogP contribution is -2.48. The van der Waals surface area contributed by atoms with Crippen molar-refractivity contribution in [3.8, 4) is 5.69 Å². The molecule has 1 aromatic heterocycles. The van der Waals surface area contributed by atoms with Crippen LogP contribution in [0.1, 0.15) is 23.2 Å². The van der Waals surface area contributed by atoms with Crippen LogP contribution in [0.5, 0.6) is 0 Å². The maximum absolute atomic E-state index is 13.3. The molecule has 1 aromatic carbocycles. The van der Waals surface area contributed by atoms with Crippen LogP contribution in [0.2, 0.25) is 5.02 Å².